The summed E-state index contributed by atoms with van der Waals surface area (Å²) in [5.41, 5.74) is 2.16. The molecule has 154 valence electrons. The fourth-order valence-corrected chi connectivity index (χ4v) is 3.96. The van der Waals surface area contributed by atoms with E-state index in [0.717, 1.165) is 32.5 Å². The van der Waals surface area contributed by atoms with E-state index < -0.39 is 17.8 Å². The van der Waals surface area contributed by atoms with Crippen molar-refractivity contribution in [2.45, 2.75) is 19.4 Å². The van der Waals surface area contributed by atoms with Crippen molar-refractivity contribution in [3.8, 4) is 0 Å². The van der Waals surface area contributed by atoms with Gasteiger partial charge >= 0.3 is 17.8 Å². The number of esters is 1. The highest BCUT2D eigenvalue weighted by atomic mass is 32.1. The maximum atomic E-state index is 12.1. The number of thiophene rings is 1. The maximum Gasteiger partial charge on any atom is 0.337 e. The van der Waals surface area contributed by atoms with Crippen LogP contribution in [0.3, 0.4) is 0 Å². The third-order valence-electron chi connectivity index (χ3n) is 5.01. The standard InChI is InChI=1S/C21H25N3O4S/c1-28-21(27)17-2-4-18(5-3-17)23-20(26)19(25)22-12-15-6-9-24(10-7-15)13-16-8-11-29-14-16/h2-5,8,11,14-15H,6-7,9-10,12-13H2,1H3,(H,22,25)(H,23,26). The minimum absolute atomic E-state index is 0.375. The summed E-state index contributed by atoms with van der Waals surface area (Å²) >= 11 is 1.71. The molecule has 2 aromatic rings. The maximum absolute atomic E-state index is 12.1. The predicted molar refractivity (Wildman–Crippen MR) is 112 cm³/mol. The van der Waals surface area contributed by atoms with Crippen LogP contribution < -0.4 is 10.6 Å². The van der Waals surface area contributed by atoms with E-state index in [4.69, 9.17) is 0 Å². The second-order valence-electron chi connectivity index (χ2n) is 7.08. The van der Waals surface area contributed by atoms with Gasteiger partial charge in [0.25, 0.3) is 0 Å². The summed E-state index contributed by atoms with van der Waals surface area (Å²) in [6.45, 7) is 3.46. The lowest BCUT2D eigenvalue weighted by atomic mass is 9.96. The molecule has 3 rings (SSSR count). The number of nitrogens with one attached hydrogen (secondary N) is 2. The van der Waals surface area contributed by atoms with Crippen LogP contribution in [-0.4, -0.2) is 49.4 Å². The summed E-state index contributed by atoms with van der Waals surface area (Å²) in [5.74, 6) is -1.44. The Balaban J connectivity index is 1.38. The van der Waals surface area contributed by atoms with E-state index >= 15 is 0 Å². The number of ether oxygens (including phenoxy) is 1. The van der Waals surface area contributed by atoms with Gasteiger partial charge in [0.05, 0.1) is 12.7 Å². The van der Waals surface area contributed by atoms with Crippen molar-refractivity contribution in [3.05, 3.63) is 52.2 Å². The number of hydrogen-bond acceptors (Lipinski definition) is 6. The molecule has 8 heteroatoms. The monoisotopic (exact) mass is 415 g/mol. The number of likely N-dealkylation sites (tertiary alicyclic amines) is 1. The van der Waals surface area contributed by atoms with Crippen LogP contribution in [0.5, 0.6) is 0 Å². The Labute approximate surface area is 174 Å². The van der Waals surface area contributed by atoms with Gasteiger partial charge in [-0.2, -0.15) is 11.3 Å². The van der Waals surface area contributed by atoms with E-state index in [1.165, 1.54) is 24.8 Å². The molecule has 0 saturated carbocycles. The zero-order valence-corrected chi connectivity index (χ0v) is 17.2. The Morgan fingerprint density at radius 1 is 1.10 bits per heavy atom. The summed E-state index contributed by atoms with van der Waals surface area (Å²) in [4.78, 5) is 38.0. The molecule has 1 aliphatic heterocycles. The average Bonchev–Trinajstić information content (AvgIpc) is 3.26. The van der Waals surface area contributed by atoms with Crippen molar-refractivity contribution in [1.82, 2.24) is 10.2 Å². The molecule has 0 aliphatic carbocycles. The Morgan fingerprint density at radius 3 is 2.45 bits per heavy atom. The van der Waals surface area contributed by atoms with Crippen molar-refractivity contribution >= 4 is 34.8 Å². The third kappa shape index (κ3) is 6.13. The number of rotatable bonds is 6. The second-order valence-corrected chi connectivity index (χ2v) is 7.86. The van der Waals surface area contributed by atoms with Gasteiger partial charge in [0.15, 0.2) is 0 Å². The number of amides is 2. The molecule has 29 heavy (non-hydrogen) atoms. The highest BCUT2D eigenvalue weighted by Crippen LogP contribution is 2.19. The van der Waals surface area contributed by atoms with Crippen molar-refractivity contribution in [2.24, 2.45) is 5.92 Å². The molecule has 1 saturated heterocycles. The van der Waals surface area contributed by atoms with Crippen LogP contribution in [0.1, 0.15) is 28.8 Å². The molecule has 1 aromatic heterocycles. The average molecular weight is 416 g/mol. The zero-order chi connectivity index (χ0) is 20.6. The number of piperidine rings is 1. The lowest BCUT2D eigenvalue weighted by Crippen LogP contribution is -2.41. The Kier molecular flexibility index (Phi) is 7.37. The topological polar surface area (TPSA) is 87.7 Å². The van der Waals surface area contributed by atoms with Gasteiger partial charge in [0.1, 0.15) is 0 Å². The van der Waals surface area contributed by atoms with Crippen LogP contribution >= 0.6 is 11.3 Å². The Hall–Kier alpha value is -2.71. The number of carbonyl (C=O) groups excluding carboxylic acids is 3. The predicted octanol–water partition coefficient (Wildman–Crippen LogP) is 2.50. The smallest absolute Gasteiger partial charge is 0.337 e. The molecule has 1 aliphatic rings. The van der Waals surface area contributed by atoms with E-state index in [2.05, 4.69) is 37.1 Å². The summed E-state index contributed by atoms with van der Waals surface area (Å²) in [5, 5.41) is 9.53. The summed E-state index contributed by atoms with van der Waals surface area (Å²) in [6, 6.07) is 8.33. The zero-order valence-electron chi connectivity index (χ0n) is 16.3. The van der Waals surface area contributed by atoms with Crippen molar-refractivity contribution < 1.29 is 19.1 Å². The molecule has 2 heterocycles. The first-order chi connectivity index (χ1) is 14.0. The van der Waals surface area contributed by atoms with E-state index in [0.29, 0.717) is 23.7 Å². The number of methoxy groups -OCH3 is 1. The molecule has 7 nitrogen and oxygen atoms in total. The molecule has 2 amide bonds. The van der Waals surface area contributed by atoms with Crippen molar-refractivity contribution in [1.29, 1.82) is 0 Å². The molecule has 1 fully saturated rings. The van der Waals surface area contributed by atoms with Crippen LogP contribution in [0, 0.1) is 5.92 Å². The van der Waals surface area contributed by atoms with Gasteiger partial charge in [0.2, 0.25) is 0 Å². The summed E-state index contributed by atoms with van der Waals surface area (Å²) in [7, 11) is 1.30. The largest absolute Gasteiger partial charge is 0.465 e. The third-order valence-corrected chi connectivity index (χ3v) is 5.75. The van der Waals surface area contributed by atoms with Crippen LogP contribution in [0.15, 0.2) is 41.1 Å². The minimum Gasteiger partial charge on any atom is -0.465 e. The first-order valence-corrected chi connectivity index (χ1v) is 10.5. The van der Waals surface area contributed by atoms with E-state index in [1.807, 2.05) is 0 Å². The number of anilines is 1. The van der Waals surface area contributed by atoms with Gasteiger partial charge in [-0.1, -0.05) is 0 Å². The summed E-state index contributed by atoms with van der Waals surface area (Å²) < 4.78 is 4.62. The van der Waals surface area contributed by atoms with Gasteiger partial charge in [-0.25, -0.2) is 4.79 Å². The molecular weight excluding hydrogens is 390 g/mol. The van der Waals surface area contributed by atoms with Crippen molar-refractivity contribution in [3.63, 3.8) is 0 Å². The highest BCUT2D eigenvalue weighted by Gasteiger charge is 2.21. The molecule has 0 atom stereocenters. The van der Waals surface area contributed by atoms with Crippen LogP contribution in [-0.2, 0) is 20.9 Å². The van der Waals surface area contributed by atoms with Crippen LogP contribution in [0.25, 0.3) is 0 Å². The lowest BCUT2D eigenvalue weighted by molar-refractivity contribution is -0.136. The first kappa shape index (κ1) is 21.0. The molecule has 0 spiro atoms. The van der Waals surface area contributed by atoms with Gasteiger partial charge in [-0.05, 0) is 78.5 Å². The second kappa shape index (κ2) is 10.2. The number of nitrogens with zero attached hydrogens (tertiary/aromatic N) is 1. The number of benzene rings is 1. The first-order valence-electron chi connectivity index (χ1n) is 9.56. The molecule has 2 N–H and O–H groups in total. The fourth-order valence-electron chi connectivity index (χ4n) is 3.30. The van der Waals surface area contributed by atoms with Gasteiger partial charge in [-0.15, -0.1) is 0 Å². The van der Waals surface area contributed by atoms with Gasteiger partial charge in [0, 0.05) is 18.8 Å². The van der Waals surface area contributed by atoms with Gasteiger partial charge in [-0.3, -0.25) is 14.5 Å². The molecule has 1 aromatic carbocycles. The normalized spacial score (nSPS) is 14.9. The van der Waals surface area contributed by atoms with Crippen LogP contribution in [0.2, 0.25) is 0 Å². The number of hydrogen-bond donors (Lipinski definition) is 2. The van der Waals surface area contributed by atoms with Crippen molar-refractivity contribution in [2.75, 3.05) is 32.1 Å². The van der Waals surface area contributed by atoms with E-state index in [-0.39, 0.29) is 0 Å². The van der Waals surface area contributed by atoms with E-state index in [9.17, 15) is 14.4 Å². The SMILES string of the molecule is COC(=O)c1ccc(NC(=O)C(=O)NCC2CCN(Cc3ccsc3)CC2)cc1. The quantitative estimate of drug-likeness (QED) is 0.559. The van der Waals surface area contributed by atoms with Crippen LogP contribution in [0.4, 0.5) is 5.69 Å². The minimum atomic E-state index is -0.717. The Morgan fingerprint density at radius 2 is 1.83 bits per heavy atom. The summed E-state index contributed by atoms with van der Waals surface area (Å²) in [6.07, 6.45) is 2.00. The van der Waals surface area contributed by atoms with E-state index in [1.54, 1.807) is 23.5 Å². The lowest BCUT2D eigenvalue weighted by Gasteiger charge is -2.31. The molecule has 0 radical (unpaired) electrons. The molecule has 0 bridgehead atoms. The molecule has 0 unspecified atom stereocenters. The fraction of sp³-hybridized carbons (Fsp3) is 0.381. The highest BCUT2D eigenvalue weighted by molar-refractivity contribution is 7.07. The molecular formula is C21H25N3O4S. The number of carbonyl (C=O) groups is 3. The van der Waals surface area contributed by atoms with Gasteiger partial charge < -0.3 is 15.4 Å². The Bertz CT molecular complexity index is 828.